The van der Waals surface area contributed by atoms with E-state index in [-0.39, 0.29) is 5.91 Å². The number of hydrogen-bond acceptors (Lipinski definition) is 3. The predicted molar refractivity (Wildman–Crippen MR) is 71.5 cm³/mol. The van der Waals surface area contributed by atoms with Gasteiger partial charge in [-0.3, -0.25) is 4.79 Å². The Labute approximate surface area is 115 Å². The largest absolute Gasteiger partial charge is 0.480 e. The molecule has 1 N–H and O–H groups in total. The van der Waals surface area contributed by atoms with Gasteiger partial charge in [-0.25, -0.2) is 9.31 Å². The second kappa shape index (κ2) is 4.33. The number of carbonyl (C=O) groups is 2. The summed E-state index contributed by atoms with van der Waals surface area (Å²) in [6.07, 6.45) is 4.44. The lowest BCUT2D eigenvalue weighted by atomic mass is 9.99. The summed E-state index contributed by atoms with van der Waals surface area (Å²) >= 11 is 0. The van der Waals surface area contributed by atoms with Crippen molar-refractivity contribution in [2.24, 2.45) is 0 Å². The average Bonchev–Trinajstić information content (AvgIpc) is 3.02. The zero-order valence-electron chi connectivity index (χ0n) is 11.1. The fourth-order valence-corrected chi connectivity index (χ4v) is 2.76. The Hall–Kier alpha value is -2.37. The van der Waals surface area contributed by atoms with Crippen molar-refractivity contribution in [2.45, 2.75) is 25.3 Å². The Morgan fingerprint density at radius 3 is 2.95 bits per heavy atom. The number of pyridine rings is 1. The number of carboxylic acids is 1. The fourth-order valence-electron chi connectivity index (χ4n) is 2.76. The summed E-state index contributed by atoms with van der Waals surface area (Å²) in [4.78, 5) is 25.6. The summed E-state index contributed by atoms with van der Waals surface area (Å²) in [7, 11) is 0. The summed E-state index contributed by atoms with van der Waals surface area (Å²) in [5.41, 5.74) is 0.0113. The minimum Gasteiger partial charge on any atom is -0.480 e. The molecule has 104 valence electrons. The minimum absolute atomic E-state index is 0.270. The van der Waals surface area contributed by atoms with Gasteiger partial charge >= 0.3 is 5.97 Å². The number of hydrogen-bond donors (Lipinski definition) is 1. The molecule has 1 aliphatic heterocycles. The molecule has 3 heterocycles. The molecular weight excluding hydrogens is 258 g/mol. The summed E-state index contributed by atoms with van der Waals surface area (Å²) in [6, 6.07) is 5.45. The molecular formula is C14H15N3O3. The first-order chi connectivity index (χ1) is 9.54. The van der Waals surface area contributed by atoms with Crippen LogP contribution in [0.15, 0.2) is 30.6 Å². The summed E-state index contributed by atoms with van der Waals surface area (Å²) in [6.45, 7) is 2.07. The number of rotatable bonds is 2. The molecule has 20 heavy (non-hydrogen) atoms. The molecule has 2 aromatic heterocycles. The Balaban J connectivity index is 2.02. The number of likely N-dealkylation sites (tertiary alicyclic amines) is 1. The molecule has 1 unspecified atom stereocenters. The molecule has 0 aromatic carbocycles. The van der Waals surface area contributed by atoms with Gasteiger partial charge in [0.15, 0.2) is 0 Å². The Bertz CT molecular complexity index is 694. The van der Waals surface area contributed by atoms with Gasteiger partial charge in [0.1, 0.15) is 5.54 Å². The summed E-state index contributed by atoms with van der Waals surface area (Å²) in [5.74, 6) is -1.23. The van der Waals surface area contributed by atoms with Gasteiger partial charge in [0.25, 0.3) is 5.91 Å². The predicted octanol–water partition coefficient (Wildman–Crippen LogP) is 1.41. The molecule has 6 heteroatoms. The lowest BCUT2D eigenvalue weighted by Gasteiger charge is -2.30. The van der Waals surface area contributed by atoms with Crippen LogP contribution in [-0.2, 0) is 4.79 Å². The van der Waals surface area contributed by atoms with E-state index in [1.54, 1.807) is 23.7 Å². The minimum atomic E-state index is -1.12. The number of nitrogens with zero attached hydrogens (tertiary/aromatic N) is 3. The maximum atomic E-state index is 12.7. The highest BCUT2D eigenvalue weighted by atomic mass is 16.4. The van der Waals surface area contributed by atoms with E-state index in [2.05, 4.69) is 5.10 Å². The molecule has 0 radical (unpaired) electrons. The van der Waals surface area contributed by atoms with Crippen molar-refractivity contribution in [2.75, 3.05) is 6.54 Å². The van der Waals surface area contributed by atoms with Crippen molar-refractivity contribution in [1.29, 1.82) is 0 Å². The second-order valence-corrected chi connectivity index (χ2v) is 5.23. The Morgan fingerprint density at radius 1 is 1.40 bits per heavy atom. The summed E-state index contributed by atoms with van der Waals surface area (Å²) in [5, 5.41) is 13.5. The molecule has 0 aliphatic carbocycles. The molecule has 0 bridgehead atoms. The van der Waals surface area contributed by atoms with Gasteiger partial charge in [-0.2, -0.15) is 5.10 Å². The molecule has 1 atom stereocenters. The van der Waals surface area contributed by atoms with Crippen LogP contribution in [0.1, 0.15) is 30.1 Å². The van der Waals surface area contributed by atoms with E-state index in [1.165, 1.54) is 11.1 Å². The van der Waals surface area contributed by atoms with E-state index in [0.717, 1.165) is 0 Å². The first-order valence-corrected chi connectivity index (χ1v) is 6.52. The number of aliphatic carboxylic acids is 1. The molecule has 1 fully saturated rings. The number of fused-ring (bicyclic) bond motifs is 1. The fraction of sp³-hybridized carbons (Fsp3) is 0.357. The number of aromatic nitrogens is 2. The topological polar surface area (TPSA) is 74.9 Å². The molecule has 0 saturated carbocycles. The van der Waals surface area contributed by atoms with Crippen LogP contribution in [0.2, 0.25) is 0 Å². The van der Waals surface area contributed by atoms with Crippen LogP contribution in [0, 0.1) is 0 Å². The Kier molecular flexibility index (Phi) is 2.74. The normalized spacial score (nSPS) is 22.4. The molecule has 2 aromatic rings. The van der Waals surface area contributed by atoms with E-state index in [0.29, 0.717) is 30.5 Å². The first-order valence-electron chi connectivity index (χ1n) is 6.52. The number of carboxylic acid groups (broad SMARTS) is 1. The van der Waals surface area contributed by atoms with E-state index < -0.39 is 11.5 Å². The maximum absolute atomic E-state index is 12.7. The lowest BCUT2D eigenvalue weighted by molar-refractivity contribution is -0.147. The third-order valence-electron chi connectivity index (χ3n) is 4.00. The molecule has 1 saturated heterocycles. The van der Waals surface area contributed by atoms with Crippen LogP contribution < -0.4 is 0 Å². The molecule has 3 rings (SSSR count). The van der Waals surface area contributed by atoms with Gasteiger partial charge < -0.3 is 10.0 Å². The zero-order valence-corrected chi connectivity index (χ0v) is 11.1. The van der Waals surface area contributed by atoms with Gasteiger partial charge in [0, 0.05) is 12.7 Å². The lowest BCUT2D eigenvalue weighted by Crippen LogP contribution is -2.50. The Morgan fingerprint density at radius 2 is 2.20 bits per heavy atom. The van der Waals surface area contributed by atoms with Crippen molar-refractivity contribution in [3.8, 4) is 0 Å². The van der Waals surface area contributed by atoms with Crippen molar-refractivity contribution >= 4 is 17.4 Å². The molecule has 1 aliphatic rings. The van der Waals surface area contributed by atoms with Crippen molar-refractivity contribution in [3.63, 3.8) is 0 Å². The maximum Gasteiger partial charge on any atom is 0.329 e. The molecule has 1 amide bonds. The number of amides is 1. The van der Waals surface area contributed by atoms with Gasteiger partial charge in [-0.15, -0.1) is 0 Å². The van der Waals surface area contributed by atoms with Crippen LogP contribution in [0.3, 0.4) is 0 Å². The molecule has 0 spiro atoms. The van der Waals surface area contributed by atoms with Gasteiger partial charge in [-0.05, 0) is 31.9 Å². The first kappa shape index (κ1) is 12.7. The highest BCUT2D eigenvalue weighted by molar-refractivity contribution is 6.03. The van der Waals surface area contributed by atoms with E-state index in [4.69, 9.17) is 0 Å². The van der Waals surface area contributed by atoms with Crippen molar-refractivity contribution < 1.29 is 14.7 Å². The van der Waals surface area contributed by atoms with E-state index in [1.807, 2.05) is 12.1 Å². The van der Waals surface area contributed by atoms with Crippen LogP contribution in [0.25, 0.3) is 5.52 Å². The van der Waals surface area contributed by atoms with E-state index >= 15 is 0 Å². The third-order valence-corrected chi connectivity index (χ3v) is 4.00. The van der Waals surface area contributed by atoms with Crippen molar-refractivity contribution in [1.82, 2.24) is 14.5 Å². The van der Waals surface area contributed by atoms with Crippen LogP contribution >= 0.6 is 0 Å². The zero-order chi connectivity index (χ0) is 14.3. The summed E-state index contributed by atoms with van der Waals surface area (Å²) < 4.78 is 1.61. The monoisotopic (exact) mass is 273 g/mol. The highest BCUT2D eigenvalue weighted by Crippen LogP contribution is 2.31. The standard InChI is InChI=1S/C14H15N3O3/c1-14(13(19)20)6-4-7-16(14)12(18)10-9-15-17-8-3-2-5-11(10)17/h2-3,5,8-9H,4,6-7H2,1H3,(H,19,20). The average molecular weight is 273 g/mol. The number of carbonyl (C=O) groups excluding carboxylic acids is 1. The van der Waals surface area contributed by atoms with Crippen molar-refractivity contribution in [3.05, 3.63) is 36.2 Å². The van der Waals surface area contributed by atoms with Gasteiger partial charge in [0.05, 0.1) is 17.3 Å². The smallest absolute Gasteiger partial charge is 0.329 e. The third kappa shape index (κ3) is 1.68. The van der Waals surface area contributed by atoms with Crippen LogP contribution in [0.5, 0.6) is 0 Å². The van der Waals surface area contributed by atoms with Crippen LogP contribution in [0.4, 0.5) is 0 Å². The quantitative estimate of drug-likeness (QED) is 0.897. The second-order valence-electron chi connectivity index (χ2n) is 5.23. The van der Waals surface area contributed by atoms with Crippen LogP contribution in [-0.4, -0.2) is 43.6 Å². The highest BCUT2D eigenvalue weighted by Gasteiger charge is 2.46. The van der Waals surface area contributed by atoms with Gasteiger partial charge in [0.2, 0.25) is 0 Å². The SMILES string of the molecule is CC1(C(=O)O)CCCN1C(=O)c1cnn2ccccc12. The van der Waals surface area contributed by atoms with E-state index in [9.17, 15) is 14.7 Å². The van der Waals surface area contributed by atoms with Gasteiger partial charge in [-0.1, -0.05) is 6.07 Å². The molecule has 6 nitrogen and oxygen atoms in total.